The monoisotopic (exact) mass is 294 g/mol. The number of alkyl halides is 1. The van der Waals surface area contributed by atoms with E-state index in [1.807, 2.05) is 6.07 Å². The van der Waals surface area contributed by atoms with Crippen molar-refractivity contribution in [2.24, 2.45) is 0 Å². The van der Waals surface area contributed by atoms with Gasteiger partial charge in [0, 0.05) is 29.6 Å². The Labute approximate surface area is 119 Å². The minimum absolute atomic E-state index is 0.156. The molecule has 3 rings (SSSR count). The van der Waals surface area contributed by atoms with Crippen molar-refractivity contribution in [3.05, 3.63) is 47.6 Å². The number of ether oxygens (including phenoxy) is 1. The normalized spacial score (nSPS) is 11.2. The molecule has 6 heteroatoms. The molecule has 1 N–H and O–H groups in total. The van der Waals surface area contributed by atoms with Crippen LogP contribution in [0.15, 0.2) is 28.9 Å². The van der Waals surface area contributed by atoms with E-state index < -0.39 is 5.82 Å². The minimum atomic E-state index is -0.419. The van der Waals surface area contributed by atoms with E-state index in [1.54, 1.807) is 13.0 Å². The summed E-state index contributed by atoms with van der Waals surface area (Å²) in [7, 11) is 0. The first-order valence-corrected chi connectivity index (χ1v) is 6.60. The van der Waals surface area contributed by atoms with Gasteiger partial charge in [0.25, 0.3) is 0 Å². The fraction of sp³-hybridized carbons (Fsp3) is 0.214. The maximum atomic E-state index is 13.9. The van der Waals surface area contributed by atoms with Crippen molar-refractivity contribution in [2.45, 2.75) is 19.4 Å². The highest BCUT2D eigenvalue weighted by Gasteiger charge is 2.10. The molecule has 2 aromatic heterocycles. The summed E-state index contributed by atoms with van der Waals surface area (Å²) in [6.45, 7) is 1.89. The van der Waals surface area contributed by atoms with E-state index in [2.05, 4.69) is 9.97 Å². The molecule has 1 aromatic carbocycles. The zero-order valence-electron chi connectivity index (χ0n) is 10.7. The number of hydrogen-bond acceptors (Lipinski definition) is 3. The van der Waals surface area contributed by atoms with E-state index in [-0.39, 0.29) is 12.4 Å². The molecule has 0 fully saturated rings. The average Bonchev–Trinajstić information content (AvgIpc) is 3.01. The molecule has 0 atom stereocenters. The smallest absolute Gasteiger partial charge is 0.191 e. The van der Waals surface area contributed by atoms with Gasteiger partial charge in [-0.3, -0.25) is 0 Å². The molecule has 0 aliphatic carbocycles. The topological polar surface area (TPSA) is 51.0 Å². The fourth-order valence-electron chi connectivity index (χ4n) is 2.00. The predicted molar refractivity (Wildman–Crippen MR) is 73.4 cm³/mol. The number of hydrogen-bond donors (Lipinski definition) is 1. The Morgan fingerprint density at radius 2 is 2.25 bits per heavy atom. The van der Waals surface area contributed by atoms with E-state index >= 15 is 0 Å². The second-order valence-electron chi connectivity index (χ2n) is 4.44. The maximum absolute atomic E-state index is 13.9. The Morgan fingerprint density at radius 1 is 1.40 bits per heavy atom. The Morgan fingerprint density at radius 3 is 2.95 bits per heavy atom. The van der Waals surface area contributed by atoms with Gasteiger partial charge in [-0.25, -0.2) is 9.37 Å². The number of rotatable bonds is 4. The lowest BCUT2D eigenvalue weighted by atomic mass is 10.2. The van der Waals surface area contributed by atoms with Crippen LogP contribution in [0.1, 0.15) is 17.3 Å². The van der Waals surface area contributed by atoms with Crippen molar-refractivity contribution in [1.29, 1.82) is 0 Å². The quantitative estimate of drug-likeness (QED) is 0.742. The number of aromatic amines is 1. The number of benzene rings is 1. The molecule has 0 spiro atoms. The Kier molecular flexibility index (Phi) is 3.36. The first-order chi connectivity index (χ1) is 9.65. The van der Waals surface area contributed by atoms with Crippen LogP contribution in [0.2, 0.25) is 0 Å². The molecule has 0 saturated carbocycles. The van der Waals surface area contributed by atoms with Crippen molar-refractivity contribution < 1.29 is 13.5 Å². The van der Waals surface area contributed by atoms with Gasteiger partial charge < -0.3 is 14.1 Å². The molecular weight excluding hydrogens is 283 g/mol. The number of nitrogens with one attached hydrogen (secondary N) is 1. The standard InChI is InChI=1S/C14H12ClFN2O2/c1-8-17-11(6-19-8)7-20-14-4-13-9(3-12(14)16)2-10(5-15)18-13/h2-4,6,18H,5,7H2,1H3. The van der Waals surface area contributed by atoms with E-state index in [1.165, 1.54) is 12.3 Å². The minimum Gasteiger partial charge on any atom is -0.484 e. The van der Waals surface area contributed by atoms with Gasteiger partial charge in [0.1, 0.15) is 18.6 Å². The third-order valence-electron chi connectivity index (χ3n) is 2.92. The molecular formula is C14H12ClFN2O2. The van der Waals surface area contributed by atoms with Gasteiger partial charge in [-0.1, -0.05) is 0 Å². The van der Waals surface area contributed by atoms with Crippen LogP contribution in [0.25, 0.3) is 10.9 Å². The molecule has 0 saturated heterocycles. The van der Waals surface area contributed by atoms with Crippen LogP contribution in [-0.4, -0.2) is 9.97 Å². The van der Waals surface area contributed by atoms with Gasteiger partial charge >= 0.3 is 0 Å². The number of H-pyrrole nitrogens is 1. The van der Waals surface area contributed by atoms with Crippen LogP contribution < -0.4 is 4.74 Å². The maximum Gasteiger partial charge on any atom is 0.191 e. The van der Waals surface area contributed by atoms with Crippen LogP contribution in [-0.2, 0) is 12.5 Å². The first kappa shape index (κ1) is 13.0. The van der Waals surface area contributed by atoms with Crippen molar-refractivity contribution in [1.82, 2.24) is 9.97 Å². The number of nitrogens with zero attached hydrogens (tertiary/aromatic N) is 1. The zero-order chi connectivity index (χ0) is 14.1. The van der Waals surface area contributed by atoms with Crippen LogP contribution in [0.5, 0.6) is 5.75 Å². The largest absolute Gasteiger partial charge is 0.484 e. The van der Waals surface area contributed by atoms with Crippen LogP contribution >= 0.6 is 11.6 Å². The summed E-state index contributed by atoms with van der Waals surface area (Å²) >= 11 is 5.75. The lowest BCUT2D eigenvalue weighted by Gasteiger charge is -2.05. The highest BCUT2D eigenvalue weighted by Crippen LogP contribution is 2.26. The number of oxazole rings is 1. The van der Waals surface area contributed by atoms with Gasteiger partial charge in [-0.05, 0) is 12.1 Å². The average molecular weight is 295 g/mol. The second kappa shape index (κ2) is 5.17. The number of aryl methyl sites for hydroxylation is 1. The van der Waals surface area contributed by atoms with Gasteiger partial charge in [0.05, 0.1) is 5.88 Å². The van der Waals surface area contributed by atoms with Crippen molar-refractivity contribution in [2.75, 3.05) is 0 Å². The van der Waals surface area contributed by atoms with Gasteiger partial charge in [-0.15, -0.1) is 11.6 Å². The van der Waals surface area contributed by atoms with E-state index in [0.717, 1.165) is 16.6 Å². The summed E-state index contributed by atoms with van der Waals surface area (Å²) in [4.78, 5) is 7.20. The summed E-state index contributed by atoms with van der Waals surface area (Å²) in [6.07, 6.45) is 1.49. The molecule has 0 aliphatic rings. The Balaban J connectivity index is 1.85. The molecule has 0 radical (unpaired) electrons. The summed E-state index contributed by atoms with van der Waals surface area (Å²) < 4.78 is 24.4. The predicted octanol–water partition coefficient (Wildman–Crippen LogP) is 3.92. The third-order valence-corrected chi connectivity index (χ3v) is 3.20. The van der Waals surface area contributed by atoms with Crippen molar-refractivity contribution in [3.63, 3.8) is 0 Å². The molecule has 0 bridgehead atoms. The highest BCUT2D eigenvalue weighted by molar-refractivity contribution is 6.17. The molecule has 3 aromatic rings. The van der Waals surface area contributed by atoms with E-state index in [9.17, 15) is 4.39 Å². The van der Waals surface area contributed by atoms with Crippen molar-refractivity contribution >= 4 is 22.5 Å². The molecule has 20 heavy (non-hydrogen) atoms. The van der Waals surface area contributed by atoms with Gasteiger partial charge in [0.15, 0.2) is 17.5 Å². The molecule has 0 unspecified atom stereocenters. The summed E-state index contributed by atoms with van der Waals surface area (Å²) in [6, 6.07) is 4.86. The fourth-order valence-corrected chi connectivity index (χ4v) is 2.15. The highest BCUT2D eigenvalue weighted by atomic mass is 35.5. The Hall–Kier alpha value is -2.01. The van der Waals surface area contributed by atoms with Gasteiger partial charge in [-0.2, -0.15) is 0 Å². The number of fused-ring (bicyclic) bond motifs is 1. The number of aromatic nitrogens is 2. The lowest BCUT2D eigenvalue weighted by Crippen LogP contribution is -1.97. The molecule has 2 heterocycles. The zero-order valence-corrected chi connectivity index (χ0v) is 11.5. The molecule has 104 valence electrons. The van der Waals surface area contributed by atoms with E-state index in [4.69, 9.17) is 20.8 Å². The van der Waals surface area contributed by atoms with Crippen LogP contribution in [0.3, 0.4) is 0 Å². The summed E-state index contributed by atoms with van der Waals surface area (Å²) in [5, 5.41) is 0.766. The first-order valence-electron chi connectivity index (χ1n) is 6.06. The summed E-state index contributed by atoms with van der Waals surface area (Å²) in [5.74, 6) is 0.652. The van der Waals surface area contributed by atoms with E-state index in [0.29, 0.717) is 17.5 Å². The third kappa shape index (κ3) is 2.49. The lowest BCUT2D eigenvalue weighted by molar-refractivity contribution is 0.286. The molecule has 0 amide bonds. The number of halogens is 2. The SMILES string of the molecule is Cc1nc(COc2cc3[nH]c(CCl)cc3cc2F)co1. The summed E-state index contributed by atoms with van der Waals surface area (Å²) in [5.41, 5.74) is 2.24. The van der Waals surface area contributed by atoms with Gasteiger partial charge in [0.2, 0.25) is 0 Å². The Bertz CT molecular complexity index is 751. The molecule has 0 aliphatic heterocycles. The van der Waals surface area contributed by atoms with Crippen LogP contribution in [0.4, 0.5) is 4.39 Å². The second-order valence-corrected chi connectivity index (χ2v) is 4.71. The van der Waals surface area contributed by atoms with Crippen molar-refractivity contribution in [3.8, 4) is 5.75 Å². The van der Waals surface area contributed by atoms with Crippen LogP contribution in [0, 0.1) is 12.7 Å². The molecule has 4 nitrogen and oxygen atoms in total.